The van der Waals surface area contributed by atoms with Crippen molar-refractivity contribution in [3.8, 4) is 0 Å². The molecule has 2 aromatic heterocycles. The van der Waals surface area contributed by atoms with Crippen LogP contribution in [0.5, 0.6) is 0 Å². The molecule has 1 N–H and O–H groups in total. The van der Waals surface area contributed by atoms with Crippen molar-refractivity contribution in [2.45, 2.75) is 19.4 Å². The topological polar surface area (TPSA) is 83.9 Å². The predicted molar refractivity (Wildman–Crippen MR) is 88.4 cm³/mol. The summed E-state index contributed by atoms with van der Waals surface area (Å²) in [6.07, 6.45) is 2.60. The molecule has 0 spiro atoms. The van der Waals surface area contributed by atoms with Crippen molar-refractivity contribution >= 4 is 16.7 Å². The number of amides is 1. The van der Waals surface area contributed by atoms with Gasteiger partial charge in [-0.25, -0.2) is 9.67 Å². The monoisotopic (exact) mass is 323 g/mol. The molecule has 7 heteroatoms. The molecule has 3 aromatic rings. The first kappa shape index (κ1) is 14.6. The quantitative estimate of drug-likeness (QED) is 0.755. The lowest BCUT2D eigenvalue weighted by Gasteiger charge is -2.26. The third kappa shape index (κ3) is 2.38. The number of benzene rings is 1. The summed E-state index contributed by atoms with van der Waals surface area (Å²) in [5, 5.41) is 5.64. The number of aromatic nitrogens is 4. The second-order valence-corrected chi connectivity index (χ2v) is 5.99. The summed E-state index contributed by atoms with van der Waals surface area (Å²) in [5.41, 5.74) is 2.51. The molecule has 3 heterocycles. The number of nitrogens with one attached hydrogen (secondary N) is 1. The smallest absolute Gasteiger partial charge is 0.274 e. The first-order chi connectivity index (χ1) is 11.6. The van der Waals surface area contributed by atoms with E-state index >= 15 is 0 Å². The standard InChI is InChI=1S/C17H17N5O2/c1-21-17(24)12-5-3-2-4-11(12)14(20-21)8-16(23)22-7-6-13-15(9-22)19-10-18-13/h2-5,10H,6-9H2,1H3,(H,18,19). The van der Waals surface area contributed by atoms with Crippen molar-refractivity contribution in [1.29, 1.82) is 0 Å². The SMILES string of the molecule is Cn1nc(CC(=O)N2CCc3nc[nH]c3C2)c2ccccc2c1=O. The summed E-state index contributed by atoms with van der Waals surface area (Å²) in [6.45, 7) is 1.19. The zero-order chi connectivity index (χ0) is 16.7. The van der Waals surface area contributed by atoms with Gasteiger partial charge in [-0.05, 0) is 6.07 Å². The number of aromatic amines is 1. The second-order valence-electron chi connectivity index (χ2n) is 5.99. The first-order valence-corrected chi connectivity index (χ1v) is 7.87. The molecule has 4 rings (SSSR count). The highest BCUT2D eigenvalue weighted by Gasteiger charge is 2.23. The molecule has 1 aliphatic heterocycles. The van der Waals surface area contributed by atoms with Crippen LogP contribution < -0.4 is 5.56 Å². The van der Waals surface area contributed by atoms with Crippen LogP contribution in [0.4, 0.5) is 0 Å². The fourth-order valence-electron chi connectivity index (χ4n) is 3.19. The molecular formula is C17H17N5O2. The Balaban J connectivity index is 1.64. The number of carbonyl (C=O) groups is 1. The highest BCUT2D eigenvalue weighted by atomic mass is 16.2. The van der Waals surface area contributed by atoms with Gasteiger partial charge in [-0.1, -0.05) is 18.2 Å². The fraction of sp³-hybridized carbons (Fsp3) is 0.294. The van der Waals surface area contributed by atoms with Gasteiger partial charge in [-0.3, -0.25) is 9.59 Å². The van der Waals surface area contributed by atoms with Gasteiger partial charge in [0.2, 0.25) is 5.91 Å². The minimum atomic E-state index is -0.151. The van der Waals surface area contributed by atoms with Gasteiger partial charge in [-0.15, -0.1) is 0 Å². The van der Waals surface area contributed by atoms with Crippen LogP contribution in [0, 0.1) is 0 Å². The molecule has 1 amide bonds. The van der Waals surface area contributed by atoms with E-state index in [0.717, 1.165) is 23.2 Å². The van der Waals surface area contributed by atoms with Crippen molar-refractivity contribution < 1.29 is 4.79 Å². The summed E-state index contributed by atoms with van der Waals surface area (Å²) in [7, 11) is 1.61. The maximum atomic E-state index is 12.7. The highest BCUT2D eigenvalue weighted by Crippen LogP contribution is 2.18. The molecular weight excluding hydrogens is 306 g/mol. The first-order valence-electron chi connectivity index (χ1n) is 7.87. The highest BCUT2D eigenvalue weighted by molar-refractivity contribution is 5.88. The molecule has 122 valence electrons. The van der Waals surface area contributed by atoms with Crippen LogP contribution in [0.25, 0.3) is 10.8 Å². The van der Waals surface area contributed by atoms with E-state index < -0.39 is 0 Å². The van der Waals surface area contributed by atoms with Gasteiger partial charge in [0.15, 0.2) is 0 Å². The van der Waals surface area contributed by atoms with E-state index in [4.69, 9.17) is 0 Å². The van der Waals surface area contributed by atoms with Crippen LogP contribution in [0.1, 0.15) is 17.1 Å². The summed E-state index contributed by atoms with van der Waals surface area (Å²) in [4.78, 5) is 34.0. The van der Waals surface area contributed by atoms with Gasteiger partial charge < -0.3 is 9.88 Å². The number of hydrogen-bond acceptors (Lipinski definition) is 4. The number of H-pyrrole nitrogens is 1. The van der Waals surface area contributed by atoms with Gasteiger partial charge in [0.05, 0.1) is 41.8 Å². The van der Waals surface area contributed by atoms with E-state index in [1.165, 1.54) is 4.68 Å². The molecule has 0 radical (unpaired) electrons. The average Bonchev–Trinajstić information content (AvgIpc) is 3.07. The van der Waals surface area contributed by atoms with Crippen LogP contribution in [0.2, 0.25) is 0 Å². The van der Waals surface area contributed by atoms with Crippen LogP contribution in [-0.2, 0) is 31.2 Å². The number of fused-ring (bicyclic) bond motifs is 2. The lowest BCUT2D eigenvalue weighted by atomic mass is 10.1. The van der Waals surface area contributed by atoms with E-state index in [1.54, 1.807) is 19.4 Å². The molecule has 0 saturated heterocycles. The Morgan fingerprint density at radius 2 is 2.08 bits per heavy atom. The maximum Gasteiger partial charge on any atom is 0.274 e. The van der Waals surface area contributed by atoms with Crippen molar-refractivity contribution in [1.82, 2.24) is 24.6 Å². The third-order valence-electron chi connectivity index (χ3n) is 4.48. The molecule has 7 nitrogen and oxygen atoms in total. The molecule has 1 aliphatic rings. The maximum absolute atomic E-state index is 12.7. The summed E-state index contributed by atoms with van der Waals surface area (Å²) >= 11 is 0. The van der Waals surface area contributed by atoms with E-state index in [0.29, 0.717) is 24.2 Å². The number of rotatable bonds is 2. The molecule has 0 atom stereocenters. The van der Waals surface area contributed by atoms with Crippen LogP contribution in [0.3, 0.4) is 0 Å². The van der Waals surface area contributed by atoms with E-state index in [1.807, 2.05) is 23.1 Å². The molecule has 0 bridgehead atoms. The fourth-order valence-corrected chi connectivity index (χ4v) is 3.19. The summed E-state index contributed by atoms with van der Waals surface area (Å²) in [6, 6.07) is 7.29. The average molecular weight is 323 g/mol. The van der Waals surface area contributed by atoms with Crippen LogP contribution in [0.15, 0.2) is 35.4 Å². The second kappa shape index (κ2) is 5.59. The van der Waals surface area contributed by atoms with Crippen LogP contribution >= 0.6 is 0 Å². The molecule has 0 unspecified atom stereocenters. The Morgan fingerprint density at radius 3 is 2.92 bits per heavy atom. The van der Waals surface area contributed by atoms with Gasteiger partial charge in [0.25, 0.3) is 5.56 Å². The minimum absolute atomic E-state index is 0.00607. The summed E-state index contributed by atoms with van der Waals surface area (Å²) in [5.74, 6) is 0.00607. The van der Waals surface area contributed by atoms with E-state index in [9.17, 15) is 9.59 Å². The van der Waals surface area contributed by atoms with Gasteiger partial charge in [0.1, 0.15) is 0 Å². The molecule has 24 heavy (non-hydrogen) atoms. The predicted octanol–water partition coefficient (Wildman–Crippen LogP) is 0.784. The van der Waals surface area contributed by atoms with Crippen molar-refractivity contribution in [3.05, 3.63) is 58.0 Å². The normalized spacial score (nSPS) is 14.0. The van der Waals surface area contributed by atoms with Crippen molar-refractivity contribution in [2.75, 3.05) is 6.54 Å². The zero-order valence-corrected chi connectivity index (χ0v) is 13.3. The van der Waals surface area contributed by atoms with Crippen LogP contribution in [-0.4, -0.2) is 37.1 Å². The number of aryl methyl sites for hydroxylation is 1. The van der Waals surface area contributed by atoms with Gasteiger partial charge in [0, 0.05) is 25.4 Å². The Bertz CT molecular complexity index is 988. The van der Waals surface area contributed by atoms with E-state index in [2.05, 4.69) is 15.1 Å². The number of hydrogen-bond donors (Lipinski definition) is 1. The number of imidazole rings is 1. The molecule has 0 fully saturated rings. The Hall–Kier alpha value is -2.96. The van der Waals surface area contributed by atoms with Gasteiger partial charge >= 0.3 is 0 Å². The number of nitrogens with zero attached hydrogens (tertiary/aromatic N) is 4. The largest absolute Gasteiger partial charge is 0.347 e. The van der Waals surface area contributed by atoms with E-state index in [-0.39, 0.29) is 17.9 Å². The molecule has 0 aliphatic carbocycles. The molecule has 1 aromatic carbocycles. The Labute approximate surface area is 137 Å². The third-order valence-corrected chi connectivity index (χ3v) is 4.48. The van der Waals surface area contributed by atoms with Crippen molar-refractivity contribution in [2.24, 2.45) is 7.05 Å². The Kier molecular flexibility index (Phi) is 3.41. The molecule has 0 saturated carbocycles. The lowest BCUT2D eigenvalue weighted by Crippen LogP contribution is -2.37. The number of carbonyl (C=O) groups excluding carboxylic acids is 1. The Morgan fingerprint density at radius 1 is 1.29 bits per heavy atom. The minimum Gasteiger partial charge on any atom is -0.347 e. The lowest BCUT2D eigenvalue weighted by molar-refractivity contribution is -0.131. The zero-order valence-electron chi connectivity index (χ0n) is 13.3. The van der Waals surface area contributed by atoms with Gasteiger partial charge in [-0.2, -0.15) is 5.10 Å². The van der Waals surface area contributed by atoms with Crippen molar-refractivity contribution in [3.63, 3.8) is 0 Å². The summed E-state index contributed by atoms with van der Waals surface area (Å²) < 4.78 is 1.30.